The first-order chi connectivity index (χ1) is 12.3. The molecule has 1 amide bonds. The van der Waals surface area contributed by atoms with Gasteiger partial charge < -0.3 is 4.74 Å². The van der Waals surface area contributed by atoms with Gasteiger partial charge in [0.25, 0.3) is 15.9 Å². The van der Waals surface area contributed by atoms with Gasteiger partial charge in [0, 0.05) is 5.02 Å². The van der Waals surface area contributed by atoms with E-state index in [1.165, 1.54) is 12.1 Å². The Morgan fingerprint density at radius 3 is 2.31 bits per heavy atom. The maximum Gasteiger partial charge on any atom is 0.272 e. The highest BCUT2D eigenvalue weighted by Crippen LogP contribution is 2.20. The van der Waals surface area contributed by atoms with Crippen molar-refractivity contribution >= 4 is 27.5 Å². The molecule has 0 saturated heterocycles. The molecule has 0 heterocycles. The van der Waals surface area contributed by atoms with E-state index in [1.54, 1.807) is 36.4 Å². The number of halogens is 1. The molecule has 0 saturated carbocycles. The normalized spacial score (nSPS) is 12.4. The van der Waals surface area contributed by atoms with Crippen molar-refractivity contribution in [1.82, 2.24) is 10.3 Å². The average molecular weight is 397 g/mol. The highest BCUT2D eigenvalue weighted by molar-refractivity contribution is 7.89. The molecular weight excluding hydrogens is 376 g/mol. The SMILES string of the molecule is CC[C@H](C)c1ccc(S(=O)(=O)NNC(=O)COc2ccc(Cl)cc2)cc1. The topological polar surface area (TPSA) is 84.5 Å². The summed E-state index contributed by atoms with van der Waals surface area (Å²) in [5.41, 5.74) is 3.19. The molecule has 0 fully saturated rings. The molecule has 2 N–H and O–H groups in total. The van der Waals surface area contributed by atoms with Crippen LogP contribution in [0.2, 0.25) is 5.02 Å². The maximum atomic E-state index is 12.2. The number of amides is 1. The highest BCUT2D eigenvalue weighted by atomic mass is 35.5. The van der Waals surface area contributed by atoms with Crippen LogP contribution in [0.4, 0.5) is 0 Å². The van der Waals surface area contributed by atoms with E-state index in [0.717, 1.165) is 12.0 Å². The molecular formula is C18H21ClN2O4S. The summed E-state index contributed by atoms with van der Waals surface area (Å²) in [4.78, 5) is 13.9. The predicted molar refractivity (Wildman–Crippen MR) is 101 cm³/mol. The number of hydrazine groups is 1. The fraction of sp³-hybridized carbons (Fsp3) is 0.278. The van der Waals surface area contributed by atoms with Crippen molar-refractivity contribution in [3.05, 3.63) is 59.1 Å². The van der Waals surface area contributed by atoms with Crippen molar-refractivity contribution in [2.24, 2.45) is 0 Å². The molecule has 2 rings (SSSR count). The molecule has 0 aromatic heterocycles. The van der Waals surface area contributed by atoms with Crippen LogP contribution in [-0.4, -0.2) is 20.9 Å². The predicted octanol–water partition coefficient (Wildman–Crippen LogP) is 3.24. The van der Waals surface area contributed by atoms with Gasteiger partial charge in [-0.3, -0.25) is 10.2 Å². The second-order valence-electron chi connectivity index (χ2n) is 5.77. The molecule has 2 aromatic carbocycles. The number of benzene rings is 2. The molecule has 0 aliphatic heterocycles. The third-order valence-corrected chi connectivity index (χ3v) is 5.40. The first kappa shape index (κ1) is 20.2. The van der Waals surface area contributed by atoms with E-state index in [1.807, 2.05) is 0 Å². The summed E-state index contributed by atoms with van der Waals surface area (Å²) in [6.07, 6.45) is 0.966. The summed E-state index contributed by atoms with van der Waals surface area (Å²) in [5, 5.41) is 0.550. The van der Waals surface area contributed by atoms with Crippen LogP contribution >= 0.6 is 11.6 Å². The van der Waals surface area contributed by atoms with Crippen LogP contribution in [0.1, 0.15) is 31.7 Å². The summed E-state index contributed by atoms with van der Waals surface area (Å²) in [7, 11) is -3.85. The van der Waals surface area contributed by atoms with Crippen molar-refractivity contribution < 1.29 is 17.9 Å². The Morgan fingerprint density at radius 1 is 1.12 bits per heavy atom. The second-order valence-corrected chi connectivity index (χ2v) is 7.89. The molecule has 0 aliphatic carbocycles. The number of hydrogen-bond donors (Lipinski definition) is 2. The van der Waals surface area contributed by atoms with Crippen LogP contribution in [0.5, 0.6) is 5.75 Å². The minimum atomic E-state index is -3.85. The fourth-order valence-electron chi connectivity index (χ4n) is 2.11. The number of carbonyl (C=O) groups is 1. The molecule has 6 nitrogen and oxygen atoms in total. The number of nitrogens with one attached hydrogen (secondary N) is 2. The Bertz CT molecular complexity index is 836. The molecule has 0 unspecified atom stereocenters. The Balaban J connectivity index is 1.88. The van der Waals surface area contributed by atoms with Crippen LogP contribution in [0.25, 0.3) is 0 Å². The van der Waals surface area contributed by atoms with Crippen LogP contribution in [0.3, 0.4) is 0 Å². The molecule has 8 heteroatoms. The van der Waals surface area contributed by atoms with E-state index in [-0.39, 0.29) is 11.5 Å². The van der Waals surface area contributed by atoms with Crippen molar-refractivity contribution in [1.29, 1.82) is 0 Å². The van der Waals surface area contributed by atoms with Crippen molar-refractivity contribution in [2.45, 2.75) is 31.1 Å². The van der Waals surface area contributed by atoms with Gasteiger partial charge in [0.15, 0.2) is 6.61 Å². The zero-order valence-corrected chi connectivity index (χ0v) is 16.1. The van der Waals surface area contributed by atoms with Gasteiger partial charge in [-0.15, -0.1) is 4.83 Å². The molecule has 0 radical (unpaired) electrons. The standard InChI is InChI=1S/C18H21ClN2O4S/c1-3-13(2)14-4-10-17(11-5-14)26(23,24)21-20-18(22)12-25-16-8-6-15(19)7-9-16/h4-11,13,21H,3,12H2,1-2H3,(H,20,22)/t13-/m0/s1. The lowest BCUT2D eigenvalue weighted by atomic mass is 9.99. The van der Waals surface area contributed by atoms with Gasteiger partial charge in [-0.25, -0.2) is 8.42 Å². The highest BCUT2D eigenvalue weighted by Gasteiger charge is 2.16. The summed E-state index contributed by atoms with van der Waals surface area (Å²) in [6.45, 7) is 3.80. The van der Waals surface area contributed by atoms with Crippen molar-refractivity contribution in [3.8, 4) is 5.75 Å². The lowest BCUT2D eigenvalue weighted by Crippen LogP contribution is -2.43. The van der Waals surface area contributed by atoms with Crippen LogP contribution in [-0.2, 0) is 14.8 Å². The van der Waals surface area contributed by atoms with Crippen molar-refractivity contribution in [2.75, 3.05) is 6.61 Å². The molecule has 2 aromatic rings. The minimum absolute atomic E-state index is 0.0727. The monoisotopic (exact) mass is 396 g/mol. The first-order valence-electron chi connectivity index (χ1n) is 8.11. The van der Waals surface area contributed by atoms with Gasteiger partial charge in [0.05, 0.1) is 4.90 Å². The molecule has 26 heavy (non-hydrogen) atoms. The van der Waals surface area contributed by atoms with Crippen LogP contribution < -0.4 is 15.0 Å². The Morgan fingerprint density at radius 2 is 1.73 bits per heavy atom. The van der Waals surface area contributed by atoms with Crippen molar-refractivity contribution in [3.63, 3.8) is 0 Å². The first-order valence-corrected chi connectivity index (χ1v) is 9.97. The number of carbonyl (C=O) groups excluding carboxylic acids is 1. The number of hydrogen-bond acceptors (Lipinski definition) is 4. The second kappa shape index (κ2) is 9.02. The van der Waals surface area contributed by atoms with Gasteiger partial charge in [-0.2, -0.15) is 0 Å². The quantitative estimate of drug-likeness (QED) is 0.671. The summed E-state index contributed by atoms with van der Waals surface area (Å²) in [5.74, 6) is 0.178. The molecule has 1 atom stereocenters. The van der Waals surface area contributed by atoms with Crippen LogP contribution in [0, 0.1) is 0 Å². The lowest BCUT2D eigenvalue weighted by Gasteiger charge is -2.12. The molecule has 0 spiro atoms. The van der Waals surface area contributed by atoms with E-state index >= 15 is 0 Å². The summed E-state index contributed by atoms with van der Waals surface area (Å²) >= 11 is 5.76. The van der Waals surface area contributed by atoms with Gasteiger partial charge in [-0.05, 0) is 54.3 Å². The van der Waals surface area contributed by atoms with Gasteiger partial charge in [0.1, 0.15) is 5.75 Å². The van der Waals surface area contributed by atoms with E-state index in [9.17, 15) is 13.2 Å². The van der Waals surface area contributed by atoms with Gasteiger partial charge >= 0.3 is 0 Å². The summed E-state index contributed by atoms with van der Waals surface area (Å²) < 4.78 is 29.7. The molecule has 0 aliphatic rings. The number of sulfonamides is 1. The van der Waals surface area contributed by atoms with E-state index in [0.29, 0.717) is 16.7 Å². The Kier molecular flexibility index (Phi) is 7.02. The molecule has 140 valence electrons. The zero-order chi connectivity index (χ0) is 19.2. The maximum absolute atomic E-state index is 12.2. The van der Waals surface area contributed by atoms with E-state index < -0.39 is 15.9 Å². The number of ether oxygens (including phenoxy) is 1. The van der Waals surface area contributed by atoms with Gasteiger partial charge in [0.2, 0.25) is 0 Å². The third kappa shape index (κ3) is 5.72. The van der Waals surface area contributed by atoms with Gasteiger partial charge in [-0.1, -0.05) is 37.6 Å². The Labute approximate surface area is 158 Å². The van der Waals surface area contributed by atoms with E-state index in [2.05, 4.69) is 24.1 Å². The summed E-state index contributed by atoms with van der Waals surface area (Å²) in [6, 6.07) is 13.0. The third-order valence-electron chi connectivity index (χ3n) is 3.88. The fourth-order valence-corrected chi connectivity index (χ4v) is 3.10. The largest absolute Gasteiger partial charge is 0.484 e. The lowest BCUT2D eigenvalue weighted by molar-refractivity contribution is -0.123. The smallest absolute Gasteiger partial charge is 0.272 e. The average Bonchev–Trinajstić information content (AvgIpc) is 2.65. The number of rotatable bonds is 8. The zero-order valence-electron chi connectivity index (χ0n) is 14.5. The van der Waals surface area contributed by atoms with E-state index in [4.69, 9.17) is 16.3 Å². The van der Waals surface area contributed by atoms with Crippen LogP contribution in [0.15, 0.2) is 53.4 Å². The Hall–Kier alpha value is -2.09. The molecule has 0 bridgehead atoms. The minimum Gasteiger partial charge on any atom is -0.484 e.